The van der Waals surface area contributed by atoms with Crippen LogP contribution >= 0.6 is 0 Å². The molecule has 0 unspecified atom stereocenters. The molecule has 1 N–H and O–H groups in total. The molecular weight excluding hydrogens is 444 g/mol. The number of hydrogen-bond acceptors (Lipinski definition) is 3. The van der Waals surface area contributed by atoms with Crippen LogP contribution in [0.2, 0.25) is 0 Å². The van der Waals surface area contributed by atoms with Crippen LogP contribution in [0.4, 0.5) is 11.4 Å². The Bertz CT molecular complexity index is 2070. The quantitative estimate of drug-likeness (QED) is 0.283. The summed E-state index contributed by atoms with van der Waals surface area (Å²) >= 11 is 0. The Hall–Kier alpha value is -4.96. The lowest BCUT2D eigenvalue weighted by Crippen LogP contribution is -1.95. The van der Waals surface area contributed by atoms with Gasteiger partial charge in [-0.1, -0.05) is 66.7 Å². The fourth-order valence-corrected chi connectivity index (χ4v) is 5.39. The lowest BCUT2D eigenvalue weighted by molar-refractivity contribution is 0.645. The Kier molecular flexibility index (Phi) is 3.91. The Balaban J connectivity index is 1.24. The van der Waals surface area contributed by atoms with Gasteiger partial charge in [0.15, 0.2) is 5.58 Å². The zero-order valence-electron chi connectivity index (χ0n) is 19.2. The number of aromatic nitrogens is 1. The molecule has 0 aliphatic carbocycles. The first kappa shape index (κ1) is 19.4. The van der Waals surface area contributed by atoms with Gasteiger partial charge in [0.1, 0.15) is 11.2 Å². The molecule has 5 aromatic carbocycles. The van der Waals surface area contributed by atoms with Crippen molar-refractivity contribution in [1.82, 2.24) is 4.57 Å². The van der Waals surface area contributed by atoms with Crippen LogP contribution in [0.3, 0.4) is 0 Å². The SMILES string of the molecule is c1ccc2c(c1)oc1c(Nc3ccc(-n4c5ccccc5c5c6ccccc6oc54)cc3)cccc12. The van der Waals surface area contributed by atoms with E-state index in [2.05, 4.69) is 94.8 Å². The molecule has 36 heavy (non-hydrogen) atoms. The summed E-state index contributed by atoms with van der Waals surface area (Å²) in [7, 11) is 0. The molecular formula is C32H20N2O2. The summed E-state index contributed by atoms with van der Waals surface area (Å²) in [4.78, 5) is 0. The van der Waals surface area contributed by atoms with E-state index in [1.54, 1.807) is 0 Å². The third kappa shape index (κ3) is 2.70. The van der Waals surface area contributed by atoms with Gasteiger partial charge in [-0.05, 0) is 48.5 Å². The van der Waals surface area contributed by atoms with Gasteiger partial charge >= 0.3 is 0 Å². The van der Waals surface area contributed by atoms with Gasteiger partial charge < -0.3 is 14.2 Å². The molecule has 8 rings (SSSR count). The van der Waals surface area contributed by atoms with E-state index in [1.807, 2.05) is 30.3 Å². The normalized spacial score (nSPS) is 11.9. The van der Waals surface area contributed by atoms with Gasteiger partial charge in [-0.3, -0.25) is 4.57 Å². The number of para-hydroxylation sites is 4. The number of anilines is 2. The maximum Gasteiger partial charge on any atom is 0.213 e. The summed E-state index contributed by atoms with van der Waals surface area (Å²) in [5, 5.41) is 9.27. The van der Waals surface area contributed by atoms with Gasteiger partial charge in [-0.25, -0.2) is 0 Å². The van der Waals surface area contributed by atoms with Crippen molar-refractivity contribution in [2.24, 2.45) is 0 Å². The molecule has 0 radical (unpaired) electrons. The summed E-state index contributed by atoms with van der Waals surface area (Å²) < 4.78 is 14.7. The summed E-state index contributed by atoms with van der Waals surface area (Å²) in [6.45, 7) is 0. The number of nitrogens with zero attached hydrogens (tertiary/aromatic N) is 1. The number of hydrogen-bond donors (Lipinski definition) is 1. The third-order valence-corrected chi connectivity index (χ3v) is 7.00. The van der Waals surface area contributed by atoms with Crippen LogP contribution in [0.5, 0.6) is 0 Å². The average molecular weight is 465 g/mol. The topological polar surface area (TPSA) is 43.2 Å². The van der Waals surface area contributed by atoms with Gasteiger partial charge in [-0.2, -0.15) is 0 Å². The highest BCUT2D eigenvalue weighted by Gasteiger charge is 2.18. The predicted octanol–water partition coefficient (Wildman–Crippen LogP) is 9.17. The smallest absolute Gasteiger partial charge is 0.213 e. The second-order valence-electron chi connectivity index (χ2n) is 9.08. The van der Waals surface area contributed by atoms with Crippen molar-refractivity contribution in [3.8, 4) is 5.69 Å². The molecule has 4 nitrogen and oxygen atoms in total. The number of rotatable bonds is 3. The molecule has 3 aromatic heterocycles. The minimum atomic E-state index is 0.864. The lowest BCUT2D eigenvalue weighted by atomic mass is 10.1. The van der Waals surface area contributed by atoms with Crippen molar-refractivity contribution >= 4 is 66.3 Å². The van der Waals surface area contributed by atoms with E-state index in [-0.39, 0.29) is 0 Å². The summed E-state index contributed by atoms with van der Waals surface area (Å²) in [6.07, 6.45) is 0. The van der Waals surface area contributed by atoms with Crippen LogP contribution < -0.4 is 5.32 Å². The van der Waals surface area contributed by atoms with Crippen LogP contribution in [0, 0.1) is 0 Å². The first-order valence-electron chi connectivity index (χ1n) is 12.0. The molecule has 0 spiro atoms. The van der Waals surface area contributed by atoms with E-state index in [0.29, 0.717) is 0 Å². The summed E-state index contributed by atoms with van der Waals surface area (Å²) in [6, 6.07) is 39.5. The highest BCUT2D eigenvalue weighted by Crippen LogP contribution is 2.39. The first-order valence-corrected chi connectivity index (χ1v) is 12.0. The molecule has 0 fully saturated rings. The molecule has 0 aliphatic rings. The molecule has 0 aliphatic heterocycles. The van der Waals surface area contributed by atoms with Crippen LogP contribution in [0.25, 0.3) is 60.6 Å². The highest BCUT2D eigenvalue weighted by atomic mass is 16.3. The van der Waals surface area contributed by atoms with E-state index in [9.17, 15) is 0 Å². The monoisotopic (exact) mass is 464 g/mol. The minimum absolute atomic E-state index is 0.864. The van der Waals surface area contributed by atoms with Crippen LogP contribution in [0.15, 0.2) is 124 Å². The third-order valence-electron chi connectivity index (χ3n) is 7.00. The van der Waals surface area contributed by atoms with Gasteiger partial charge in [-0.15, -0.1) is 0 Å². The first-order chi connectivity index (χ1) is 17.8. The number of fused-ring (bicyclic) bond motifs is 8. The Labute approximate surface area is 206 Å². The Morgan fingerprint density at radius 1 is 0.528 bits per heavy atom. The average Bonchev–Trinajstić information content (AvgIpc) is 3.58. The van der Waals surface area contributed by atoms with Crippen molar-refractivity contribution in [3.63, 3.8) is 0 Å². The zero-order chi connectivity index (χ0) is 23.6. The molecule has 170 valence electrons. The maximum absolute atomic E-state index is 6.36. The van der Waals surface area contributed by atoms with E-state index >= 15 is 0 Å². The standard InChI is InChI=1S/C32H20N2O2/c1-4-13-27-24(9-1)30-25-10-3-6-15-29(25)36-32(30)34(27)21-18-16-20(17-19-21)33-26-12-7-11-23-22-8-2-5-14-28(22)35-31(23)26/h1-19,33H. The predicted molar refractivity (Wildman–Crippen MR) is 148 cm³/mol. The van der Waals surface area contributed by atoms with Crippen molar-refractivity contribution in [2.75, 3.05) is 5.32 Å². The van der Waals surface area contributed by atoms with Crippen molar-refractivity contribution in [1.29, 1.82) is 0 Å². The highest BCUT2D eigenvalue weighted by molar-refractivity contribution is 6.19. The van der Waals surface area contributed by atoms with Gasteiger partial charge in [0, 0.05) is 32.9 Å². The zero-order valence-corrected chi connectivity index (χ0v) is 19.2. The fraction of sp³-hybridized carbons (Fsp3) is 0. The number of benzene rings is 5. The minimum Gasteiger partial charge on any atom is -0.454 e. The maximum atomic E-state index is 6.36. The number of nitrogens with one attached hydrogen (secondary N) is 1. The molecule has 0 amide bonds. The lowest BCUT2D eigenvalue weighted by Gasteiger charge is -2.10. The molecule has 0 bridgehead atoms. The number of furan rings is 2. The molecule has 8 aromatic rings. The molecule has 4 heteroatoms. The van der Waals surface area contributed by atoms with E-state index in [4.69, 9.17) is 8.83 Å². The largest absolute Gasteiger partial charge is 0.454 e. The molecule has 0 atom stereocenters. The molecule has 0 saturated carbocycles. The fourth-order valence-electron chi connectivity index (χ4n) is 5.39. The second-order valence-corrected chi connectivity index (χ2v) is 9.08. The van der Waals surface area contributed by atoms with Gasteiger partial charge in [0.25, 0.3) is 0 Å². The van der Waals surface area contributed by atoms with Gasteiger partial charge in [0.05, 0.1) is 16.6 Å². The van der Waals surface area contributed by atoms with E-state index in [1.165, 1.54) is 5.39 Å². The second kappa shape index (κ2) is 7.27. The summed E-state index contributed by atoms with van der Waals surface area (Å²) in [5.41, 5.74) is 7.64. The van der Waals surface area contributed by atoms with Crippen molar-refractivity contribution in [3.05, 3.63) is 115 Å². The van der Waals surface area contributed by atoms with Crippen LogP contribution in [-0.4, -0.2) is 4.57 Å². The Morgan fingerprint density at radius 2 is 1.19 bits per heavy atom. The van der Waals surface area contributed by atoms with Crippen molar-refractivity contribution < 1.29 is 8.83 Å². The van der Waals surface area contributed by atoms with E-state index < -0.39 is 0 Å². The van der Waals surface area contributed by atoms with Crippen LogP contribution in [-0.2, 0) is 0 Å². The van der Waals surface area contributed by atoms with E-state index in [0.717, 1.165) is 66.6 Å². The van der Waals surface area contributed by atoms with Crippen LogP contribution in [0.1, 0.15) is 0 Å². The Morgan fingerprint density at radius 3 is 2.03 bits per heavy atom. The molecule has 0 saturated heterocycles. The molecule has 3 heterocycles. The van der Waals surface area contributed by atoms with Crippen molar-refractivity contribution in [2.45, 2.75) is 0 Å². The van der Waals surface area contributed by atoms with Gasteiger partial charge in [0.2, 0.25) is 5.71 Å². The summed E-state index contributed by atoms with van der Waals surface area (Å²) in [5.74, 6) is 0.